The van der Waals surface area contributed by atoms with Gasteiger partial charge in [-0.25, -0.2) is 4.68 Å². The third-order valence-corrected chi connectivity index (χ3v) is 7.65. The summed E-state index contributed by atoms with van der Waals surface area (Å²) in [4.78, 5) is 27.0. The van der Waals surface area contributed by atoms with Crippen LogP contribution in [0.25, 0.3) is 28.1 Å². The first-order valence-electron chi connectivity index (χ1n) is 12.8. The van der Waals surface area contributed by atoms with Crippen LogP contribution in [0.4, 0.5) is 0 Å². The van der Waals surface area contributed by atoms with E-state index in [4.69, 9.17) is 43.5 Å². The van der Waals surface area contributed by atoms with Crippen molar-refractivity contribution in [2.75, 3.05) is 14.2 Å². The van der Waals surface area contributed by atoms with E-state index < -0.39 is 11.4 Å². The summed E-state index contributed by atoms with van der Waals surface area (Å²) in [6, 6.07) is 8.81. The summed E-state index contributed by atoms with van der Waals surface area (Å²) >= 11 is 12.8. The molecule has 0 fully saturated rings. The molecule has 2 aromatic carbocycles. The van der Waals surface area contributed by atoms with Crippen molar-refractivity contribution in [3.05, 3.63) is 63.5 Å². The maximum absolute atomic E-state index is 13.8. The molecule has 1 aliphatic rings. The molecule has 3 heterocycles. The van der Waals surface area contributed by atoms with Crippen LogP contribution in [-0.4, -0.2) is 56.0 Å². The van der Waals surface area contributed by atoms with Crippen molar-refractivity contribution in [3.8, 4) is 39.6 Å². The SMILES string of the molecule is COc1cc2c(cc1-c1cnn(CC(N)=O)c1C)-c1c(c(C(=O)N(C)C(C)(C)C)nn1-c1cc(Cl)cc(Cl)c1)CO2. The largest absolute Gasteiger partial charge is 0.496 e. The van der Waals surface area contributed by atoms with Crippen molar-refractivity contribution in [2.45, 2.75) is 46.4 Å². The predicted molar refractivity (Wildman–Crippen MR) is 157 cm³/mol. The van der Waals surface area contributed by atoms with E-state index in [-0.39, 0.29) is 24.8 Å². The molecule has 0 atom stereocenters. The average Bonchev–Trinajstić information content (AvgIpc) is 3.46. The molecule has 214 valence electrons. The highest BCUT2D eigenvalue weighted by Crippen LogP contribution is 2.47. The van der Waals surface area contributed by atoms with Gasteiger partial charge in [-0.2, -0.15) is 10.2 Å². The summed E-state index contributed by atoms with van der Waals surface area (Å²) < 4.78 is 15.1. The van der Waals surface area contributed by atoms with Crippen LogP contribution in [0.1, 0.15) is 42.5 Å². The first-order valence-corrected chi connectivity index (χ1v) is 13.6. The normalized spacial score (nSPS) is 12.4. The van der Waals surface area contributed by atoms with Gasteiger partial charge in [0.05, 0.1) is 24.7 Å². The summed E-state index contributed by atoms with van der Waals surface area (Å²) in [5.74, 6) is 0.358. The van der Waals surface area contributed by atoms with Gasteiger partial charge in [0, 0.05) is 56.6 Å². The number of hydrogen-bond acceptors (Lipinski definition) is 6. The van der Waals surface area contributed by atoms with Crippen LogP contribution in [-0.2, 0) is 17.9 Å². The molecule has 0 saturated carbocycles. The Hall–Kier alpha value is -4.02. The number of nitrogens with zero attached hydrogens (tertiary/aromatic N) is 5. The highest BCUT2D eigenvalue weighted by Gasteiger charge is 2.35. The predicted octanol–water partition coefficient (Wildman–Crippen LogP) is 5.27. The zero-order valence-electron chi connectivity index (χ0n) is 23.6. The molecule has 0 aliphatic carbocycles. The summed E-state index contributed by atoms with van der Waals surface area (Å²) in [7, 11) is 3.32. The molecule has 0 bridgehead atoms. The lowest BCUT2D eigenvalue weighted by atomic mass is 9.96. The van der Waals surface area contributed by atoms with Crippen molar-refractivity contribution >= 4 is 35.0 Å². The summed E-state index contributed by atoms with van der Waals surface area (Å²) in [6.45, 7) is 7.78. The number of primary amides is 1. The molecule has 1 aliphatic heterocycles. The van der Waals surface area contributed by atoms with E-state index in [2.05, 4.69) is 5.10 Å². The van der Waals surface area contributed by atoms with E-state index in [0.29, 0.717) is 49.6 Å². The Bertz CT molecular complexity index is 1680. The van der Waals surface area contributed by atoms with Crippen LogP contribution in [0.3, 0.4) is 0 Å². The van der Waals surface area contributed by atoms with Crippen LogP contribution < -0.4 is 15.2 Å². The number of hydrogen-bond donors (Lipinski definition) is 1. The third-order valence-electron chi connectivity index (χ3n) is 7.22. The molecule has 0 saturated heterocycles. The summed E-state index contributed by atoms with van der Waals surface area (Å²) in [5, 5.41) is 10.0. The molecule has 10 nitrogen and oxygen atoms in total. The van der Waals surface area contributed by atoms with E-state index in [1.165, 1.54) is 4.68 Å². The van der Waals surface area contributed by atoms with E-state index >= 15 is 0 Å². The third kappa shape index (κ3) is 5.13. The Morgan fingerprint density at radius 2 is 1.78 bits per heavy atom. The number of aromatic nitrogens is 4. The number of ether oxygens (including phenoxy) is 2. The molecule has 2 N–H and O–H groups in total. The second-order valence-electron chi connectivity index (χ2n) is 10.9. The molecule has 0 spiro atoms. The Kier molecular flexibility index (Phi) is 7.25. The van der Waals surface area contributed by atoms with Crippen molar-refractivity contribution in [1.82, 2.24) is 24.5 Å². The van der Waals surface area contributed by atoms with E-state index in [9.17, 15) is 9.59 Å². The van der Waals surface area contributed by atoms with Crippen molar-refractivity contribution in [3.63, 3.8) is 0 Å². The van der Waals surface area contributed by atoms with E-state index in [0.717, 1.165) is 11.3 Å². The summed E-state index contributed by atoms with van der Waals surface area (Å²) in [6.07, 6.45) is 1.66. The number of nitrogens with two attached hydrogens (primary N) is 1. The second-order valence-corrected chi connectivity index (χ2v) is 11.7. The molecule has 41 heavy (non-hydrogen) atoms. The van der Waals surface area contributed by atoms with Gasteiger partial charge in [-0.3, -0.25) is 14.3 Å². The first kappa shape index (κ1) is 28.5. The molecule has 5 rings (SSSR count). The van der Waals surface area contributed by atoms with Crippen molar-refractivity contribution in [2.24, 2.45) is 5.73 Å². The van der Waals surface area contributed by atoms with Crippen LogP contribution in [0.15, 0.2) is 36.5 Å². The number of amides is 2. The van der Waals surface area contributed by atoms with Gasteiger partial charge in [-0.05, 0) is 52.0 Å². The number of halogens is 2. The number of methoxy groups -OCH3 is 1. The van der Waals surface area contributed by atoms with Crippen molar-refractivity contribution in [1.29, 1.82) is 0 Å². The van der Waals surface area contributed by atoms with Crippen LogP contribution in [0.2, 0.25) is 10.0 Å². The zero-order chi connectivity index (χ0) is 29.8. The molecule has 0 radical (unpaired) electrons. The fourth-order valence-corrected chi connectivity index (χ4v) is 5.27. The minimum atomic E-state index is -0.500. The van der Waals surface area contributed by atoms with Gasteiger partial charge in [0.25, 0.3) is 5.91 Å². The second kappa shape index (κ2) is 10.4. The number of carbonyl (C=O) groups is 2. The maximum atomic E-state index is 13.8. The van der Waals surface area contributed by atoms with Gasteiger partial charge in [0.1, 0.15) is 24.7 Å². The Morgan fingerprint density at radius 3 is 2.39 bits per heavy atom. The van der Waals surface area contributed by atoms with Gasteiger partial charge in [0.2, 0.25) is 5.91 Å². The van der Waals surface area contributed by atoms with Gasteiger partial charge in [-0.15, -0.1) is 0 Å². The monoisotopic (exact) mass is 596 g/mol. The van der Waals surface area contributed by atoms with E-state index in [1.54, 1.807) is 54.2 Å². The summed E-state index contributed by atoms with van der Waals surface area (Å²) in [5.41, 5.74) is 10.0. The van der Waals surface area contributed by atoms with Gasteiger partial charge in [-0.1, -0.05) is 23.2 Å². The maximum Gasteiger partial charge on any atom is 0.274 e. The Labute approximate surface area is 247 Å². The number of fused-ring (bicyclic) bond motifs is 3. The Balaban J connectivity index is 1.77. The zero-order valence-corrected chi connectivity index (χ0v) is 25.1. The van der Waals surface area contributed by atoms with Crippen LogP contribution >= 0.6 is 23.2 Å². The number of benzene rings is 2. The van der Waals surface area contributed by atoms with Gasteiger partial charge >= 0.3 is 0 Å². The standard InChI is InChI=1S/C29H30Cl2N6O4/c1-15-21(12-33-36(15)13-25(32)38)19-10-20-24(11-23(19)40-6)41-14-22-26(28(39)35(5)29(2,3)4)34-37(27(20)22)18-8-16(30)7-17(31)9-18/h7-12H,13-14H2,1-6H3,(H2,32,38). The quantitative estimate of drug-likeness (QED) is 0.324. The smallest absolute Gasteiger partial charge is 0.274 e. The van der Waals surface area contributed by atoms with Crippen LogP contribution in [0.5, 0.6) is 11.5 Å². The van der Waals surface area contributed by atoms with Crippen LogP contribution in [0, 0.1) is 6.92 Å². The fraction of sp³-hybridized carbons (Fsp3) is 0.310. The van der Waals surface area contributed by atoms with E-state index in [1.807, 2.05) is 33.8 Å². The van der Waals surface area contributed by atoms with Crippen molar-refractivity contribution < 1.29 is 19.1 Å². The fourth-order valence-electron chi connectivity index (χ4n) is 4.76. The topological polar surface area (TPSA) is 118 Å². The lowest BCUT2D eigenvalue weighted by Crippen LogP contribution is -2.43. The van der Waals surface area contributed by atoms with Gasteiger partial charge in [0.15, 0.2) is 5.69 Å². The minimum absolute atomic E-state index is 0.0542. The lowest BCUT2D eigenvalue weighted by Gasteiger charge is -2.31. The molecule has 4 aromatic rings. The first-order chi connectivity index (χ1) is 19.3. The molecular weight excluding hydrogens is 567 g/mol. The highest BCUT2D eigenvalue weighted by molar-refractivity contribution is 6.34. The average molecular weight is 598 g/mol. The molecular formula is C29H30Cl2N6O4. The molecule has 12 heteroatoms. The molecule has 2 aromatic heterocycles. The minimum Gasteiger partial charge on any atom is -0.496 e. The Morgan fingerprint density at radius 1 is 1.10 bits per heavy atom. The lowest BCUT2D eigenvalue weighted by molar-refractivity contribution is -0.118. The van der Waals surface area contributed by atoms with Gasteiger partial charge < -0.3 is 20.1 Å². The molecule has 0 unspecified atom stereocenters. The number of carbonyl (C=O) groups excluding carboxylic acids is 2. The number of rotatable bonds is 6. The molecule has 2 amide bonds. The highest BCUT2D eigenvalue weighted by atomic mass is 35.5.